The van der Waals surface area contributed by atoms with Crippen LogP contribution < -0.4 is 0 Å². The van der Waals surface area contributed by atoms with E-state index in [-0.39, 0.29) is 18.3 Å². The van der Waals surface area contributed by atoms with Gasteiger partial charge in [0.25, 0.3) is 0 Å². The van der Waals surface area contributed by atoms with Crippen LogP contribution in [0.25, 0.3) is 0 Å². The monoisotopic (exact) mass is 318 g/mol. The van der Waals surface area contributed by atoms with Gasteiger partial charge in [-0.15, -0.1) is 0 Å². The van der Waals surface area contributed by atoms with Crippen molar-refractivity contribution in [2.75, 3.05) is 32.7 Å². The van der Waals surface area contributed by atoms with E-state index in [4.69, 9.17) is 4.74 Å². The van der Waals surface area contributed by atoms with Gasteiger partial charge in [-0.1, -0.05) is 24.3 Å². The first-order chi connectivity index (χ1) is 11.0. The molecule has 0 spiro atoms. The summed E-state index contributed by atoms with van der Waals surface area (Å²) in [6.07, 6.45) is 1.29. The predicted octanol–water partition coefficient (Wildman–Crippen LogP) is 2.08. The van der Waals surface area contributed by atoms with E-state index in [0.717, 1.165) is 39.1 Å². The van der Waals surface area contributed by atoms with Crippen molar-refractivity contribution in [3.63, 3.8) is 0 Å². The third kappa shape index (κ3) is 4.13. The van der Waals surface area contributed by atoms with E-state index in [1.807, 2.05) is 0 Å². The summed E-state index contributed by atoms with van der Waals surface area (Å²) in [5.74, 6) is 0. The molecule has 4 heteroatoms. The van der Waals surface area contributed by atoms with Crippen LogP contribution in [0.2, 0.25) is 0 Å². The van der Waals surface area contributed by atoms with Gasteiger partial charge >= 0.3 is 0 Å². The van der Waals surface area contributed by atoms with Gasteiger partial charge in [-0.3, -0.25) is 9.80 Å². The highest BCUT2D eigenvalue weighted by atomic mass is 16.5. The molecule has 4 unspecified atom stereocenters. The molecule has 2 aliphatic rings. The molecule has 128 valence electrons. The lowest BCUT2D eigenvalue weighted by molar-refractivity contribution is -0.0786. The molecule has 1 saturated heterocycles. The van der Waals surface area contributed by atoms with E-state index in [1.165, 1.54) is 11.1 Å². The van der Waals surface area contributed by atoms with Crippen molar-refractivity contribution in [3.05, 3.63) is 35.4 Å². The van der Waals surface area contributed by atoms with Crippen molar-refractivity contribution in [1.29, 1.82) is 0 Å². The Morgan fingerprint density at radius 3 is 2.57 bits per heavy atom. The van der Waals surface area contributed by atoms with Crippen molar-refractivity contribution >= 4 is 0 Å². The summed E-state index contributed by atoms with van der Waals surface area (Å²) < 4.78 is 5.77. The van der Waals surface area contributed by atoms with Crippen molar-refractivity contribution < 1.29 is 9.84 Å². The SMILES string of the molecule is CC1CN(CC(O)CN2CCc3ccccc3C2C)CC(C)O1. The lowest BCUT2D eigenvalue weighted by Gasteiger charge is -2.39. The van der Waals surface area contributed by atoms with Crippen LogP contribution >= 0.6 is 0 Å². The van der Waals surface area contributed by atoms with E-state index in [9.17, 15) is 5.11 Å². The summed E-state index contributed by atoms with van der Waals surface area (Å²) in [5.41, 5.74) is 2.88. The van der Waals surface area contributed by atoms with Gasteiger partial charge in [0.05, 0.1) is 18.3 Å². The van der Waals surface area contributed by atoms with Crippen molar-refractivity contribution in [2.45, 2.75) is 51.5 Å². The zero-order valence-corrected chi connectivity index (χ0v) is 14.6. The van der Waals surface area contributed by atoms with Crippen LogP contribution in [-0.2, 0) is 11.2 Å². The maximum Gasteiger partial charge on any atom is 0.0794 e. The first-order valence-electron chi connectivity index (χ1n) is 8.90. The number of ether oxygens (including phenoxy) is 1. The van der Waals surface area contributed by atoms with E-state index in [2.05, 4.69) is 54.8 Å². The van der Waals surface area contributed by atoms with E-state index >= 15 is 0 Å². The fraction of sp³-hybridized carbons (Fsp3) is 0.684. The second-order valence-electron chi connectivity index (χ2n) is 7.25. The van der Waals surface area contributed by atoms with Gasteiger partial charge in [0.15, 0.2) is 0 Å². The quantitative estimate of drug-likeness (QED) is 0.922. The summed E-state index contributed by atoms with van der Waals surface area (Å²) in [5, 5.41) is 10.6. The zero-order valence-electron chi connectivity index (χ0n) is 14.6. The van der Waals surface area contributed by atoms with Crippen LogP contribution in [0.15, 0.2) is 24.3 Å². The molecule has 4 atom stereocenters. The summed E-state index contributed by atoms with van der Waals surface area (Å²) in [4.78, 5) is 4.76. The average Bonchev–Trinajstić information content (AvgIpc) is 2.49. The van der Waals surface area contributed by atoms with Crippen LogP contribution in [-0.4, -0.2) is 65.9 Å². The van der Waals surface area contributed by atoms with Gasteiger partial charge in [0, 0.05) is 38.8 Å². The lowest BCUT2D eigenvalue weighted by atomic mass is 9.93. The molecule has 3 rings (SSSR count). The normalized spacial score (nSPS) is 30.9. The maximum atomic E-state index is 10.6. The number of aliphatic hydroxyl groups excluding tert-OH is 1. The Labute approximate surface area is 140 Å². The molecule has 1 fully saturated rings. The van der Waals surface area contributed by atoms with Crippen molar-refractivity contribution in [3.8, 4) is 0 Å². The molecule has 1 N–H and O–H groups in total. The summed E-state index contributed by atoms with van der Waals surface area (Å²) in [7, 11) is 0. The minimum atomic E-state index is -0.305. The van der Waals surface area contributed by atoms with Crippen LogP contribution in [0.3, 0.4) is 0 Å². The fourth-order valence-corrected chi connectivity index (χ4v) is 4.13. The maximum absolute atomic E-state index is 10.6. The minimum Gasteiger partial charge on any atom is -0.390 e. The Bertz CT molecular complexity index is 512. The largest absolute Gasteiger partial charge is 0.390 e. The standard InChI is InChI=1S/C19H30N2O2/c1-14-10-20(11-15(2)23-14)12-18(22)13-21-9-8-17-6-4-5-7-19(17)16(21)3/h4-7,14-16,18,22H,8-13H2,1-3H3. The number of β-amino-alcohol motifs (C(OH)–C–C–N with tert-alkyl or cyclic N) is 1. The molecule has 0 aromatic heterocycles. The Hall–Kier alpha value is -0.940. The number of aliphatic hydroxyl groups is 1. The smallest absolute Gasteiger partial charge is 0.0794 e. The Morgan fingerprint density at radius 1 is 1.13 bits per heavy atom. The Morgan fingerprint density at radius 2 is 1.83 bits per heavy atom. The Balaban J connectivity index is 1.55. The highest BCUT2D eigenvalue weighted by Crippen LogP contribution is 2.29. The highest BCUT2D eigenvalue weighted by Gasteiger charge is 2.28. The molecular weight excluding hydrogens is 288 g/mol. The van der Waals surface area contributed by atoms with Gasteiger partial charge in [0.2, 0.25) is 0 Å². The lowest BCUT2D eigenvalue weighted by Crippen LogP contribution is -2.50. The van der Waals surface area contributed by atoms with Crippen LogP contribution in [0, 0.1) is 0 Å². The fourth-order valence-electron chi connectivity index (χ4n) is 4.13. The van der Waals surface area contributed by atoms with Gasteiger partial charge < -0.3 is 9.84 Å². The topological polar surface area (TPSA) is 35.9 Å². The molecule has 4 nitrogen and oxygen atoms in total. The first-order valence-corrected chi connectivity index (χ1v) is 8.90. The summed E-state index contributed by atoms with van der Waals surface area (Å²) in [6, 6.07) is 9.08. The number of hydrogen-bond acceptors (Lipinski definition) is 4. The second kappa shape index (κ2) is 7.31. The van der Waals surface area contributed by atoms with Crippen LogP contribution in [0.4, 0.5) is 0 Å². The molecule has 0 radical (unpaired) electrons. The van der Waals surface area contributed by atoms with Crippen LogP contribution in [0.5, 0.6) is 0 Å². The van der Waals surface area contributed by atoms with Gasteiger partial charge in [-0.05, 0) is 38.3 Å². The molecule has 23 heavy (non-hydrogen) atoms. The molecule has 0 bridgehead atoms. The molecule has 0 amide bonds. The third-order valence-electron chi connectivity index (χ3n) is 5.13. The van der Waals surface area contributed by atoms with E-state index in [1.54, 1.807) is 0 Å². The number of morpholine rings is 1. The first kappa shape index (κ1) is 16.9. The molecular formula is C19H30N2O2. The van der Waals surface area contributed by atoms with Crippen molar-refractivity contribution in [1.82, 2.24) is 9.80 Å². The summed E-state index contributed by atoms with van der Waals surface area (Å²) in [6.45, 7) is 10.8. The molecule has 1 aromatic rings. The van der Waals surface area contributed by atoms with Gasteiger partial charge in [-0.25, -0.2) is 0 Å². The molecule has 2 aliphatic heterocycles. The average molecular weight is 318 g/mol. The summed E-state index contributed by atoms with van der Waals surface area (Å²) >= 11 is 0. The number of hydrogen-bond donors (Lipinski definition) is 1. The van der Waals surface area contributed by atoms with E-state index in [0.29, 0.717) is 6.04 Å². The minimum absolute atomic E-state index is 0.256. The molecule has 0 saturated carbocycles. The third-order valence-corrected chi connectivity index (χ3v) is 5.13. The van der Waals surface area contributed by atoms with Gasteiger partial charge in [-0.2, -0.15) is 0 Å². The van der Waals surface area contributed by atoms with E-state index < -0.39 is 0 Å². The number of rotatable bonds is 4. The molecule has 2 heterocycles. The number of benzene rings is 1. The molecule has 0 aliphatic carbocycles. The van der Waals surface area contributed by atoms with Crippen molar-refractivity contribution in [2.24, 2.45) is 0 Å². The van der Waals surface area contributed by atoms with Gasteiger partial charge in [0.1, 0.15) is 0 Å². The predicted molar refractivity (Wildman–Crippen MR) is 92.6 cm³/mol. The Kier molecular flexibility index (Phi) is 5.37. The number of nitrogens with zero attached hydrogens (tertiary/aromatic N) is 2. The highest BCUT2D eigenvalue weighted by molar-refractivity contribution is 5.32. The zero-order chi connectivity index (χ0) is 16.4. The second-order valence-corrected chi connectivity index (χ2v) is 7.25. The number of fused-ring (bicyclic) bond motifs is 1. The molecule has 1 aromatic carbocycles. The van der Waals surface area contributed by atoms with Crippen LogP contribution in [0.1, 0.15) is 37.9 Å².